The molecule has 2 atom stereocenters. The van der Waals surface area contributed by atoms with Crippen molar-refractivity contribution in [2.24, 2.45) is 11.8 Å². The minimum atomic E-state index is 0.531. The van der Waals surface area contributed by atoms with Crippen LogP contribution in [0.2, 0.25) is 0 Å². The summed E-state index contributed by atoms with van der Waals surface area (Å²) in [6, 6.07) is 10.4. The number of ether oxygens (including phenoxy) is 2. The number of fused-ring (bicyclic) bond motifs is 1. The fourth-order valence-corrected chi connectivity index (χ4v) is 3.97. The minimum Gasteiger partial charge on any atom is -0.496 e. The van der Waals surface area contributed by atoms with Crippen molar-refractivity contribution in [1.82, 2.24) is 14.6 Å². The molecule has 0 unspecified atom stereocenters. The summed E-state index contributed by atoms with van der Waals surface area (Å²) in [5.41, 5.74) is 3.28. The van der Waals surface area contributed by atoms with Gasteiger partial charge in [-0.15, -0.1) is 10.2 Å². The zero-order valence-electron chi connectivity index (χ0n) is 15.9. The van der Waals surface area contributed by atoms with Gasteiger partial charge in [-0.3, -0.25) is 4.40 Å². The van der Waals surface area contributed by atoms with Crippen molar-refractivity contribution < 1.29 is 9.47 Å². The topological polar surface area (TPSA) is 48.7 Å². The van der Waals surface area contributed by atoms with Crippen LogP contribution in [0.25, 0.3) is 5.65 Å². The molecule has 0 aliphatic heterocycles. The molecule has 0 saturated heterocycles. The molecule has 5 nitrogen and oxygen atoms in total. The number of aryl methyl sites for hydroxylation is 1. The normalized spacial score (nSPS) is 21.4. The number of hydrogen-bond donors (Lipinski definition) is 0. The molecule has 0 amide bonds. The molecule has 2 heterocycles. The molecule has 2 saturated carbocycles. The van der Waals surface area contributed by atoms with Crippen molar-refractivity contribution in [3.63, 3.8) is 0 Å². The lowest BCUT2D eigenvalue weighted by atomic mass is 10.1. The summed E-state index contributed by atoms with van der Waals surface area (Å²) in [4.78, 5) is 0. The molecule has 0 bridgehead atoms. The molecular weight excluding hydrogens is 338 g/mol. The van der Waals surface area contributed by atoms with Gasteiger partial charge in [0.2, 0.25) is 0 Å². The predicted molar refractivity (Wildman–Crippen MR) is 103 cm³/mol. The highest BCUT2D eigenvalue weighted by molar-refractivity contribution is 5.54. The Bertz CT molecular complexity index is 977. The Labute approximate surface area is 159 Å². The summed E-state index contributed by atoms with van der Waals surface area (Å²) < 4.78 is 13.8. The number of nitrogens with zero attached hydrogens (tertiary/aromatic N) is 3. The highest BCUT2D eigenvalue weighted by Crippen LogP contribution is 2.50. The van der Waals surface area contributed by atoms with Crippen LogP contribution in [0.5, 0.6) is 11.5 Å². The summed E-state index contributed by atoms with van der Waals surface area (Å²) in [7, 11) is 1.74. The number of pyridine rings is 1. The molecule has 5 heteroatoms. The van der Waals surface area contributed by atoms with Crippen molar-refractivity contribution >= 4 is 5.65 Å². The molecule has 140 valence electrons. The lowest BCUT2D eigenvalue weighted by Crippen LogP contribution is -2.04. The van der Waals surface area contributed by atoms with Crippen LogP contribution in [0.3, 0.4) is 0 Å². The van der Waals surface area contributed by atoms with Gasteiger partial charge in [0.25, 0.3) is 0 Å². The zero-order chi connectivity index (χ0) is 18.4. The fraction of sp³-hybridized carbons (Fsp3) is 0.455. The van der Waals surface area contributed by atoms with Gasteiger partial charge in [-0.05, 0) is 55.7 Å². The highest BCUT2D eigenvalue weighted by Gasteiger charge is 2.40. The monoisotopic (exact) mass is 363 g/mol. The van der Waals surface area contributed by atoms with Crippen LogP contribution in [0.1, 0.15) is 42.1 Å². The molecule has 27 heavy (non-hydrogen) atoms. The maximum atomic E-state index is 6.17. The number of rotatable bonds is 7. The quantitative estimate of drug-likeness (QED) is 0.632. The first-order valence-corrected chi connectivity index (χ1v) is 9.83. The predicted octanol–water partition coefficient (Wildman–Crippen LogP) is 4.18. The molecule has 0 spiro atoms. The third kappa shape index (κ3) is 3.15. The molecule has 1 aromatic carbocycles. The van der Waals surface area contributed by atoms with E-state index in [-0.39, 0.29) is 0 Å². The van der Waals surface area contributed by atoms with Crippen molar-refractivity contribution in [3.8, 4) is 11.5 Å². The van der Waals surface area contributed by atoms with Crippen LogP contribution < -0.4 is 9.47 Å². The second-order valence-electron chi connectivity index (χ2n) is 7.92. The Balaban J connectivity index is 1.28. The third-order valence-electron chi connectivity index (χ3n) is 5.93. The summed E-state index contributed by atoms with van der Waals surface area (Å²) in [5.74, 6) is 4.84. The van der Waals surface area contributed by atoms with Gasteiger partial charge in [0.15, 0.2) is 5.65 Å². The van der Waals surface area contributed by atoms with Gasteiger partial charge >= 0.3 is 0 Å². The van der Waals surface area contributed by atoms with E-state index >= 15 is 0 Å². The summed E-state index contributed by atoms with van der Waals surface area (Å²) >= 11 is 0. The SMILES string of the molecule is COc1ccccc1[C@H]1C[C@@H]1COc1ccn2c(CC3CC3)nnc2c1C. The maximum absolute atomic E-state index is 6.17. The molecule has 2 aliphatic carbocycles. The van der Waals surface area contributed by atoms with Gasteiger partial charge in [0.1, 0.15) is 17.3 Å². The first-order chi connectivity index (χ1) is 13.2. The molecule has 2 fully saturated rings. The van der Waals surface area contributed by atoms with E-state index in [2.05, 4.69) is 45.9 Å². The van der Waals surface area contributed by atoms with E-state index in [0.717, 1.165) is 53.9 Å². The number of para-hydroxylation sites is 1. The van der Waals surface area contributed by atoms with E-state index < -0.39 is 0 Å². The third-order valence-corrected chi connectivity index (χ3v) is 5.93. The van der Waals surface area contributed by atoms with Crippen molar-refractivity contribution in [2.75, 3.05) is 13.7 Å². The smallest absolute Gasteiger partial charge is 0.167 e. The van der Waals surface area contributed by atoms with Gasteiger partial charge in [-0.25, -0.2) is 0 Å². The first kappa shape index (κ1) is 16.6. The summed E-state index contributed by atoms with van der Waals surface area (Å²) in [6.45, 7) is 2.80. The second kappa shape index (κ2) is 6.55. The summed E-state index contributed by atoms with van der Waals surface area (Å²) in [5, 5.41) is 8.80. The number of benzene rings is 1. The Morgan fingerprint density at radius 1 is 1.11 bits per heavy atom. The highest BCUT2D eigenvalue weighted by atomic mass is 16.5. The Morgan fingerprint density at radius 3 is 2.78 bits per heavy atom. The van der Waals surface area contributed by atoms with Crippen LogP contribution in [0.15, 0.2) is 36.5 Å². The summed E-state index contributed by atoms with van der Waals surface area (Å²) in [6.07, 6.45) is 6.88. The molecule has 0 N–H and O–H groups in total. The van der Waals surface area contributed by atoms with Gasteiger partial charge < -0.3 is 9.47 Å². The van der Waals surface area contributed by atoms with E-state index in [1.165, 1.54) is 18.4 Å². The Morgan fingerprint density at radius 2 is 1.96 bits per heavy atom. The van der Waals surface area contributed by atoms with E-state index in [0.29, 0.717) is 11.8 Å². The molecule has 2 aromatic heterocycles. The van der Waals surface area contributed by atoms with Crippen molar-refractivity contribution in [2.45, 2.75) is 38.5 Å². The molecule has 0 radical (unpaired) electrons. The van der Waals surface area contributed by atoms with Gasteiger partial charge in [0.05, 0.1) is 13.7 Å². The fourth-order valence-electron chi connectivity index (χ4n) is 3.97. The lowest BCUT2D eigenvalue weighted by molar-refractivity contribution is 0.294. The van der Waals surface area contributed by atoms with Crippen LogP contribution >= 0.6 is 0 Å². The van der Waals surface area contributed by atoms with E-state index in [1.807, 2.05) is 12.1 Å². The molecule has 2 aliphatic rings. The van der Waals surface area contributed by atoms with Crippen LogP contribution in [0.4, 0.5) is 0 Å². The van der Waals surface area contributed by atoms with E-state index in [9.17, 15) is 0 Å². The van der Waals surface area contributed by atoms with Crippen molar-refractivity contribution in [1.29, 1.82) is 0 Å². The van der Waals surface area contributed by atoms with Crippen molar-refractivity contribution in [3.05, 3.63) is 53.5 Å². The van der Waals surface area contributed by atoms with Crippen LogP contribution in [-0.4, -0.2) is 28.3 Å². The first-order valence-electron chi connectivity index (χ1n) is 9.83. The van der Waals surface area contributed by atoms with Gasteiger partial charge in [-0.2, -0.15) is 0 Å². The average Bonchev–Trinajstić information content (AvgIpc) is 3.60. The van der Waals surface area contributed by atoms with Gasteiger partial charge in [-0.1, -0.05) is 18.2 Å². The van der Waals surface area contributed by atoms with Crippen LogP contribution in [-0.2, 0) is 6.42 Å². The zero-order valence-corrected chi connectivity index (χ0v) is 15.9. The largest absolute Gasteiger partial charge is 0.496 e. The Hall–Kier alpha value is -2.56. The van der Waals surface area contributed by atoms with E-state index in [4.69, 9.17) is 9.47 Å². The number of methoxy groups -OCH3 is 1. The number of hydrogen-bond acceptors (Lipinski definition) is 4. The minimum absolute atomic E-state index is 0.531. The standard InChI is InChI=1S/C22H25N3O2/c1-14-19(9-10-25-21(11-15-7-8-15)23-24-22(14)25)27-13-16-12-18(16)17-5-3-4-6-20(17)26-2/h3-6,9-10,15-16,18H,7-8,11-13H2,1-2H3/t16-,18+/m1/s1. The van der Waals surface area contributed by atoms with Crippen LogP contribution in [0, 0.1) is 18.8 Å². The van der Waals surface area contributed by atoms with E-state index in [1.54, 1.807) is 7.11 Å². The van der Waals surface area contributed by atoms with Gasteiger partial charge in [0, 0.05) is 24.1 Å². The Kier molecular flexibility index (Phi) is 4.03. The average molecular weight is 363 g/mol. The number of aromatic nitrogens is 3. The molecule has 3 aromatic rings. The molecule has 5 rings (SSSR count). The maximum Gasteiger partial charge on any atom is 0.167 e. The second-order valence-corrected chi connectivity index (χ2v) is 7.92. The molecular formula is C22H25N3O2. The lowest BCUT2D eigenvalue weighted by Gasteiger charge is -2.11.